The first kappa shape index (κ1) is 25.7. The average Bonchev–Trinajstić information content (AvgIpc) is 2.80. The van der Waals surface area contributed by atoms with Crippen LogP contribution < -0.4 is 20.1 Å². The molecule has 4 rings (SSSR count). The quantitative estimate of drug-likeness (QED) is 0.370. The molecular formula is C30H36N2O4. The number of rotatable bonds is 9. The molecule has 1 aliphatic heterocycles. The van der Waals surface area contributed by atoms with Gasteiger partial charge in [-0.15, -0.1) is 0 Å². The van der Waals surface area contributed by atoms with Gasteiger partial charge in [-0.05, 0) is 69.4 Å². The molecule has 0 saturated heterocycles. The lowest BCUT2D eigenvalue weighted by atomic mass is 9.88. The van der Waals surface area contributed by atoms with Crippen molar-refractivity contribution in [2.24, 2.45) is 0 Å². The summed E-state index contributed by atoms with van der Waals surface area (Å²) in [7, 11) is 0. The van der Waals surface area contributed by atoms with E-state index >= 15 is 0 Å². The zero-order valence-electron chi connectivity index (χ0n) is 21.8. The molecule has 0 bridgehead atoms. The van der Waals surface area contributed by atoms with Gasteiger partial charge < -0.3 is 19.9 Å². The molecule has 6 heteroatoms. The van der Waals surface area contributed by atoms with Gasteiger partial charge in [0.15, 0.2) is 6.61 Å². The largest absolute Gasteiger partial charge is 0.489 e. The molecule has 3 aromatic rings. The van der Waals surface area contributed by atoms with Crippen molar-refractivity contribution < 1.29 is 19.4 Å². The smallest absolute Gasteiger partial charge is 0.262 e. The predicted octanol–water partition coefficient (Wildman–Crippen LogP) is 4.99. The number of ether oxygens (including phenoxy) is 2. The number of nitrogens with one attached hydrogen (secondary N) is 2. The number of hydrogen-bond donors (Lipinski definition) is 3. The van der Waals surface area contributed by atoms with Crippen molar-refractivity contribution in [1.29, 1.82) is 0 Å². The molecule has 36 heavy (non-hydrogen) atoms. The Morgan fingerprint density at radius 1 is 1.08 bits per heavy atom. The molecule has 0 aromatic heterocycles. The van der Waals surface area contributed by atoms with E-state index in [1.165, 1.54) is 22.3 Å². The van der Waals surface area contributed by atoms with Gasteiger partial charge in [0.25, 0.3) is 5.91 Å². The summed E-state index contributed by atoms with van der Waals surface area (Å²) in [5, 5.41) is 17.3. The third-order valence-corrected chi connectivity index (χ3v) is 6.44. The number of amides is 1. The summed E-state index contributed by atoms with van der Waals surface area (Å²) in [6, 6.07) is 17.9. The third kappa shape index (κ3) is 6.45. The number of aryl methyl sites for hydroxylation is 3. The van der Waals surface area contributed by atoms with Gasteiger partial charge in [-0.1, -0.05) is 48.0 Å². The summed E-state index contributed by atoms with van der Waals surface area (Å²) >= 11 is 0. The highest BCUT2D eigenvalue weighted by Crippen LogP contribution is 2.37. The molecule has 0 aliphatic carbocycles. The molecule has 3 N–H and O–H groups in total. The Morgan fingerprint density at radius 2 is 1.78 bits per heavy atom. The van der Waals surface area contributed by atoms with Crippen LogP contribution in [0.25, 0.3) is 0 Å². The van der Waals surface area contributed by atoms with Gasteiger partial charge in [0.05, 0.1) is 5.69 Å². The number of aliphatic hydroxyl groups is 1. The maximum atomic E-state index is 11.9. The standard InChI is InChI=1S/C30H36N2O4/c1-19-11-20(2)25(21(3)12-19)16-30(4,5)32-27(33)14-23-13-24(35-17-22-9-7-6-8-10-22)15-26-29(23)36-18-28(34)31-26/h6-13,15,27,32-33H,14,16-18H2,1-5H3,(H,31,34). The second-order valence-corrected chi connectivity index (χ2v) is 10.4. The molecule has 1 amide bonds. The highest BCUT2D eigenvalue weighted by atomic mass is 16.5. The van der Waals surface area contributed by atoms with E-state index in [0.29, 0.717) is 30.2 Å². The van der Waals surface area contributed by atoms with Crippen molar-refractivity contribution in [2.75, 3.05) is 11.9 Å². The van der Waals surface area contributed by atoms with E-state index in [1.54, 1.807) is 6.07 Å². The van der Waals surface area contributed by atoms with Crippen LogP contribution >= 0.6 is 0 Å². The summed E-state index contributed by atoms with van der Waals surface area (Å²) in [6.07, 6.45) is 0.268. The Bertz CT molecular complexity index is 1210. The van der Waals surface area contributed by atoms with Gasteiger partial charge in [-0.25, -0.2) is 0 Å². The molecule has 1 heterocycles. The lowest BCUT2D eigenvalue weighted by Gasteiger charge is -2.32. The minimum atomic E-state index is -0.819. The maximum absolute atomic E-state index is 11.9. The number of benzene rings is 3. The molecule has 0 spiro atoms. The fourth-order valence-corrected chi connectivity index (χ4v) is 4.91. The monoisotopic (exact) mass is 488 g/mol. The second kappa shape index (κ2) is 10.7. The lowest BCUT2D eigenvalue weighted by Crippen LogP contribution is -2.48. The summed E-state index contributed by atoms with van der Waals surface area (Å²) in [6.45, 7) is 10.9. The number of aliphatic hydroxyl groups excluding tert-OH is 1. The lowest BCUT2D eigenvalue weighted by molar-refractivity contribution is -0.118. The van der Waals surface area contributed by atoms with Crippen LogP contribution in [0.2, 0.25) is 0 Å². The highest BCUT2D eigenvalue weighted by molar-refractivity contribution is 5.96. The third-order valence-electron chi connectivity index (χ3n) is 6.44. The minimum Gasteiger partial charge on any atom is -0.489 e. The van der Waals surface area contributed by atoms with Crippen LogP contribution in [0, 0.1) is 20.8 Å². The molecule has 0 saturated carbocycles. The highest BCUT2D eigenvalue weighted by Gasteiger charge is 2.26. The van der Waals surface area contributed by atoms with Crippen molar-refractivity contribution in [3.8, 4) is 11.5 Å². The van der Waals surface area contributed by atoms with E-state index in [9.17, 15) is 9.90 Å². The normalized spacial score (nSPS) is 14.0. The molecule has 1 atom stereocenters. The van der Waals surface area contributed by atoms with Gasteiger partial charge in [0.2, 0.25) is 0 Å². The molecule has 1 aliphatic rings. The van der Waals surface area contributed by atoms with E-state index in [0.717, 1.165) is 17.5 Å². The van der Waals surface area contributed by atoms with E-state index < -0.39 is 6.23 Å². The Balaban J connectivity index is 1.50. The maximum Gasteiger partial charge on any atom is 0.262 e. The summed E-state index contributed by atoms with van der Waals surface area (Å²) in [4.78, 5) is 11.9. The second-order valence-electron chi connectivity index (χ2n) is 10.4. The molecule has 3 aromatic carbocycles. The SMILES string of the molecule is Cc1cc(C)c(CC(C)(C)NC(O)Cc2cc(OCc3ccccc3)cc3c2OCC(=O)N3)c(C)c1. The molecule has 6 nitrogen and oxygen atoms in total. The van der Waals surface area contributed by atoms with E-state index in [-0.39, 0.29) is 18.1 Å². The summed E-state index contributed by atoms with van der Waals surface area (Å²) in [5.41, 5.74) is 7.11. The van der Waals surface area contributed by atoms with Crippen LogP contribution in [0.3, 0.4) is 0 Å². The van der Waals surface area contributed by atoms with Crippen molar-refractivity contribution in [3.63, 3.8) is 0 Å². The zero-order valence-corrected chi connectivity index (χ0v) is 21.8. The fourth-order valence-electron chi connectivity index (χ4n) is 4.91. The minimum absolute atomic E-state index is 0.0504. The number of anilines is 1. The van der Waals surface area contributed by atoms with Crippen molar-refractivity contribution in [1.82, 2.24) is 5.32 Å². The zero-order chi connectivity index (χ0) is 25.9. The van der Waals surface area contributed by atoms with Crippen LogP contribution in [0.4, 0.5) is 5.69 Å². The molecule has 0 radical (unpaired) electrons. The van der Waals surface area contributed by atoms with Crippen molar-refractivity contribution >= 4 is 11.6 Å². The van der Waals surface area contributed by atoms with Crippen LogP contribution in [-0.2, 0) is 24.2 Å². The van der Waals surface area contributed by atoms with Crippen LogP contribution in [-0.4, -0.2) is 29.4 Å². The summed E-state index contributed by atoms with van der Waals surface area (Å²) in [5.74, 6) is 0.971. The first-order valence-corrected chi connectivity index (χ1v) is 12.4. The predicted molar refractivity (Wildman–Crippen MR) is 143 cm³/mol. The van der Waals surface area contributed by atoms with Crippen LogP contribution in [0.15, 0.2) is 54.6 Å². The van der Waals surface area contributed by atoms with Gasteiger partial charge in [0, 0.05) is 23.6 Å². The first-order chi connectivity index (χ1) is 17.1. The van der Waals surface area contributed by atoms with Crippen molar-refractivity contribution in [3.05, 3.63) is 88.0 Å². The molecule has 190 valence electrons. The fraction of sp³-hybridized carbons (Fsp3) is 0.367. The van der Waals surface area contributed by atoms with Gasteiger partial charge in [-0.2, -0.15) is 0 Å². The van der Waals surface area contributed by atoms with E-state index in [4.69, 9.17) is 9.47 Å². The number of hydrogen-bond acceptors (Lipinski definition) is 5. The number of carbonyl (C=O) groups excluding carboxylic acids is 1. The first-order valence-electron chi connectivity index (χ1n) is 12.4. The van der Waals surface area contributed by atoms with Crippen LogP contribution in [0.5, 0.6) is 11.5 Å². The van der Waals surface area contributed by atoms with Gasteiger partial charge in [0.1, 0.15) is 24.3 Å². The van der Waals surface area contributed by atoms with Crippen molar-refractivity contribution in [2.45, 2.75) is 65.8 Å². The Labute approximate surface area is 213 Å². The Morgan fingerprint density at radius 3 is 2.47 bits per heavy atom. The Kier molecular flexibility index (Phi) is 7.67. The number of carbonyl (C=O) groups is 1. The Hall–Kier alpha value is -3.35. The number of fused-ring (bicyclic) bond motifs is 1. The van der Waals surface area contributed by atoms with Crippen LogP contribution in [0.1, 0.15) is 47.2 Å². The van der Waals surface area contributed by atoms with Gasteiger partial charge in [-0.3, -0.25) is 10.1 Å². The summed E-state index contributed by atoms with van der Waals surface area (Å²) < 4.78 is 11.8. The van der Waals surface area contributed by atoms with E-state index in [2.05, 4.69) is 57.4 Å². The average molecular weight is 489 g/mol. The molecular weight excluding hydrogens is 452 g/mol. The molecule has 0 fully saturated rings. The van der Waals surface area contributed by atoms with Gasteiger partial charge >= 0.3 is 0 Å². The molecule has 1 unspecified atom stereocenters. The van der Waals surface area contributed by atoms with E-state index in [1.807, 2.05) is 36.4 Å². The topological polar surface area (TPSA) is 79.8 Å².